The number of hydrogen-bond donors (Lipinski definition) is 1. The molecule has 0 saturated heterocycles. The number of rotatable bonds is 6. The molecular weight excluding hydrogens is 336 g/mol. The molecule has 0 aliphatic rings. The van der Waals surface area contributed by atoms with Crippen LogP contribution in [0.1, 0.15) is 13.8 Å². The molecule has 0 radical (unpaired) electrons. The van der Waals surface area contributed by atoms with Gasteiger partial charge in [-0.05, 0) is 18.1 Å². The lowest BCUT2D eigenvalue weighted by Crippen LogP contribution is -2.27. The summed E-state index contributed by atoms with van der Waals surface area (Å²) in [6.07, 6.45) is 0. The molecule has 0 aliphatic heterocycles. The highest BCUT2D eigenvalue weighted by Gasteiger charge is 2.19. The van der Waals surface area contributed by atoms with Crippen molar-refractivity contribution in [1.29, 1.82) is 0 Å². The lowest BCUT2D eigenvalue weighted by Gasteiger charge is -2.15. The van der Waals surface area contributed by atoms with Crippen LogP contribution < -0.4 is 14.8 Å². The highest BCUT2D eigenvalue weighted by molar-refractivity contribution is 9.10. The van der Waals surface area contributed by atoms with Gasteiger partial charge in [0, 0.05) is 11.8 Å². The average molecular weight is 352 g/mol. The first-order chi connectivity index (χ1) is 9.35. The first-order valence-corrected chi connectivity index (χ1v) is 6.84. The number of nitrogens with one attached hydrogen (secondary N) is 1. The summed E-state index contributed by atoms with van der Waals surface area (Å²) in [5, 5.41) is 2.62. The average Bonchev–Trinajstić information content (AvgIpc) is 2.37. The van der Waals surface area contributed by atoms with Crippen LogP contribution in [-0.4, -0.2) is 24.5 Å². The van der Waals surface area contributed by atoms with Crippen molar-refractivity contribution in [3.8, 4) is 11.5 Å². The zero-order chi connectivity index (χ0) is 15.3. The number of methoxy groups -OCH3 is 1. The van der Waals surface area contributed by atoms with Gasteiger partial charge in [-0.2, -0.15) is 8.78 Å². The third-order valence-electron chi connectivity index (χ3n) is 2.48. The minimum Gasteiger partial charge on any atom is -0.493 e. The molecule has 0 aliphatic carbocycles. The van der Waals surface area contributed by atoms with Crippen molar-refractivity contribution in [2.24, 2.45) is 5.92 Å². The predicted octanol–water partition coefficient (Wildman–Crippen LogP) is 3.65. The van der Waals surface area contributed by atoms with Crippen LogP contribution in [0.4, 0.5) is 14.5 Å². The third-order valence-corrected chi connectivity index (χ3v) is 3.96. The fourth-order valence-corrected chi connectivity index (χ4v) is 1.57. The van der Waals surface area contributed by atoms with Gasteiger partial charge >= 0.3 is 6.61 Å². The fourth-order valence-electron chi connectivity index (χ4n) is 1.46. The first kappa shape index (κ1) is 16.7. The van der Waals surface area contributed by atoms with Gasteiger partial charge in [-0.25, -0.2) is 0 Å². The Morgan fingerprint density at radius 3 is 2.45 bits per heavy atom. The van der Waals surface area contributed by atoms with Crippen molar-refractivity contribution in [3.05, 3.63) is 18.2 Å². The van der Waals surface area contributed by atoms with Crippen LogP contribution in [-0.2, 0) is 4.79 Å². The number of benzene rings is 1. The lowest BCUT2D eigenvalue weighted by atomic mass is 10.1. The molecule has 0 aromatic heterocycles. The van der Waals surface area contributed by atoms with Crippen molar-refractivity contribution in [1.82, 2.24) is 0 Å². The fraction of sp³-hybridized carbons (Fsp3) is 0.462. The van der Waals surface area contributed by atoms with Crippen LogP contribution in [0.15, 0.2) is 18.2 Å². The van der Waals surface area contributed by atoms with Gasteiger partial charge in [-0.3, -0.25) is 4.79 Å². The maximum atomic E-state index is 12.3. The number of carbonyl (C=O) groups excluding carboxylic acids is 1. The molecule has 0 spiro atoms. The number of alkyl halides is 3. The monoisotopic (exact) mass is 351 g/mol. The Hall–Kier alpha value is -1.37. The Bertz CT molecular complexity index is 469. The third kappa shape index (κ3) is 4.63. The van der Waals surface area contributed by atoms with Crippen molar-refractivity contribution >= 4 is 27.5 Å². The first-order valence-electron chi connectivity index (χ1n) is 5.93. The van der Waals surface area contributed by atoms with Crippen LogP contribution in [0.3, 0.4) is 0 Å². The molecule has 0 heterocycles. The predicted molar refractivity (Wildman–Crippen MR) is 75.8 cm³/mol. The Labute approximate surface area is 124 Å². The zero-order valence-electron chi connectivity index (χ0n) is 11.3. The topological polar surface area (TPSA) is 47.6 Å². The molecule has 0 fully saturated rings. The maximum Gasteiger partial charge on any atom is 0.387 e. The molecule has 1 atom stereocenters. The van der Waals surface area contributed by atoms with Crippen LogP contribution in [0.2, 0.25) is 0 Å². The summed E-state index contributed by atoms with van der Waals surface area (Å²) in [5.74, 6) is -0.114. The summed E-state index contributed by atoms with van der Waals surface area (Å²) in [5.41, 5.74) is 0.358. The van der Waals surface area contributed by atoms with Crippen LogP contribution in [0.25, 0.3) is 0 Å². The minimum absolute atomic E-state index is 0.102. The molecule has 1 N–H and O–H groups in total. The lowest BCUT2D eigenvalue weighted by molar-refractivity contribution is -0.116. The second-order valence-electron chi connectivity index (χ2n) is 4.38. The van der Waals surface area contributed by atoms with Gasteiger partial charge in [0.25, 0.3) is 0 Å². The number of amides is 1. The Kier molecular flexibility index (Phi) is 6.19. The van der Waals surface area contributed by atoms with Gasteiger partial charge in [0.15, 0.2) is 11.5 Å². The van der Waals surface area contributed by atoms with E-state index in [2.05, 4.69) is 26.0 Å². The molecule has 7 heteroatoms. The number of halogens is 3. The van der Waals surface area contributed by atoms with Crippen LogP contribution in [0, 0.1) is 5.92 Å². The second kappa shape index (κ2) is 7.42. The zero-order valence-corrected chi connectivity index (χ0v) is 12.9. The SMILES string of the molecule is COc1ccc(NC(=O)C(Br)C(C)C)cc1OC(F)F. The Morgan fingerprint density at radius 2 is 1.95 bits per heavy atom. The molecular formula is C13H16BrF2NO3. The van der Waals surface area contributed by atoms with Gasteiger partial charge in [0.1, 0.15) is 0 Å². The van der Waals surface area contributed by atoms with E-state index in [1.807, 2.05) is 13.8 Å². The molecule has 1 aromatic rings. The summed E-state index contributed by atoms with van der Waals surface area (Å²) in [7, 11) is 1.35. The molecule has 112 valence electrons. The number of ether oxygens (including phenoxy) is 2. The van der Waals surface area contributed by atoms with Gasteiger partial charge in [-0.15, -0.1) is 0 Å². The van der Waals surface area contributed by atoms with E-state index in [4.69, 9.17) is 4.74 Å². The summed E-state index contributed by atoms with van der Waals surface area (Å²) >= 11 is 3.26. The van der Waals surface area contributed by atoms with E-state index in [1.54, 1.807) is 6.07 Å². The maximum absolute atomic E-state index is 12.3. The number of anilines is 1. The number of carbonyl (C=O) groups is 1. The second-order valence-corrected chi connectivity index (χ2v) is 5.37. The molecule has 0 saturated carbocycles. The quantitative estimate of drug-likeness (QED) is 0.795. The molecule has 1 unspecified atom stereocenters. The normalized spacial score (nSPS) is 12.4. The van der Waals surface area contributed by atoms with Gasteiger partial charge in [0.2, 0.25) is 5.91 Å². The van der Waals surface area contributed by atoms with E-state index in [1.165, 1.54) is 19.2 Å². The standard InChI is InChI=1S/C13H16BrF2NO3/c1-7(2)11(14)12(18)17-8-4-5-9(19-3)10(6-8)20-13(15)16/h4-7,11,13H,1-3H3,(H,17,18). The van der Waals surface area contributed by atoms with E-state index in [9.17, 15) is 13.6 Å². The molecule has 1 aromatic carbocycles. The van der Waals surface area contributed by atoms with Crippen molar-refractivity contribution in [2.45, 2.75) is 25.3 Å². The number of hydrogen-bond acceptors (Lipinski definition) is 3. The van der Waals surface area contributed by atoms with E-state index < -0.39 is 6.61 Å². The Balaban J connectivity index is 2.89. The van der Waals surface area contributed by atoms with Crippen LogP contribution in [0.5, 0.6) is 11.5 Å². The molecule has 1 rings (SSSR count). The van der Waals surface area contributed by atoms with Gasteiger partial charge in [-0.1, -0.05) is 29.8 Å². The van der Waals surface area contributed by atoms with Crippen LogP contribution >= 0.6 is 15.9 Å². The highest BCUT2D eigenvalue weighted by Crippen LogP contribution is 2.31. The summed E-state index contributed by atoms with van der Waals surface area (Å²) in [6.45, 7) is 0.811. The summed E-state index contributed by atoms with van der Waals surface area (Å²) in [4.78, 5) is 11.5. The van der Waals surface area contributed by atoms with Crippen molar-refractivity contribution in [3.63, 3.8) is 0 Å². The van der Waals surface area contributed by atoms with Crippen molar-refractivity contribution in [2.75, 3.05) is 12.4 Å². The van der Waals surface area contributed by atoms with E-state index in [0.717, 1.165) is 0 Å². The van der Waals surface area contributed by atoms with E-state index in [-0.39, 0.29) is 28.2 Å². The highest BCUT2D eigenvalue weighted by atomic mass is 79.9. The molecule has 0 bridgehead atoms. The van der Waals surface area contributed by atoms with E-state index in [0.29, 0.717) is 5.69 Å². The Morgan fingerprint density at radius 1 is 1.30 bits per heavy atom. The largest absolute Gasteiger partial charge is 0.493 e. The van der Waals surface area contributed by atoms with E-state index >= 15 is 0 Å². The molecule has 1 amide bonds. The van der Waals surface area contributed by atoms with Gasteiger partial charge < -0.3 is 14.8 Å². The molecule has 4 nitrogen and oxygen atoms in total. The van der Waals surface area contributed by atoms with Gasteiger partial charge in [0.05, 0.1) is 11.9 Å². The molecule has 20 heavy (non-hydrogen) atoms. The van der Waals surface area contributed by atoms with Crippen molar-refractivity contribution < 1.29 is 23.0 Å². The minimum atomic E-state index is -2.96. The summed E-state index contributed by atoms with van der Waals surface area (Å²) < 4.78 is 33.8. The summed E-state index contributed by atoms with van der Waals surface area (Å²) in [6, 6.07) is 4.30. The smallest absolute Gasteiger partial charge is 0.387 e.